The van der Waals surface area contributed by atoms with Crippen LogP contribution in [0, 0.1) is 0 Å². The zero-order valence-corrected chi connectivity index (χ0v) is 17.2. The normalized spacial score (nSPS) is 13.3. The van der Waals surface area contributed by atoms with Crippen LogP contribution in [0.1, 0.15) is 22.3 Å². The van der Waals surface area contributed by atoms with E-state index in [1.165, 1.54) is 7.11 Å². The number of ether oxygens (including phenoxy) is 2. The van der Waals surface area contributed by atoms with Crippen LogP contribution in [0.15, 0.2) is 42.5 Å². The molecule has 2 amide bonds. The van der Waals surface area contributed by atoms with E-state index in [9.17, 15) is 9.59 Å². The molecule has 3 N–H and O–H groups in total. The van der Waals surface area contributed by atoms with E-state index in [1.807, 2.05) is 24.3 Å². The Bertz CT molecular complexity index is 854. The van der Waals surface area contributed by atoms with Crippen molar-refractivity contribution in [2.45, 2.75) is 12.8 Å². The Morgan fingerprint density at radius 3 is 2.59 bits per heavy atom. The summed E-state index contributed by atoms with van der Waals surface area (Å²) in [7, 11) is 1.53. The summed E-state index contributed by atoms with van der Waals surface area (Å²) in [6.07, 6.45) is 0.812. The van der Waals surface area contributed by atoms with Gasteiger partial charge in [0.1, 0.15) is 5.75 Å². The van der Waals surface area contributed by atoms with E-state index in [4.69, 9.17) is 15.2 Å². The molecule has 0 saturated carbocycles. The number of para-hydroxylation sites is 1. The van der Waals surface area contributed by atoms with E-state index < -0.39 is 0 Å². The molecule has 0 atom stereocenters. The van der Waals surface area contributed by atoms with Gasteiger partial charge < -0.3 is 25.4 Å². The number of aryl methyl sites for hydroxylation is 1. The van der Waals surface area contributed by atoms with Crippen LogP contribution in [0.25, 0.3) is 0 Å². The third-order valence-corrected chi connectivity index (χ3v) is 4.70. The number of nitrogens with two attached hydrogens (primary N) is 1. The van der Waals surface area contributed by atoms with Crippen LogP contribution in [0.4, 0.5) is 11.4 Å². The molecule has 3 rings (SSSR count). The summed E-state index contributed by atoms with van der Waals surface area (Å²) >= 11 is 0. The monoisotopic (exact) mass is 419 g/mol. The number of nitrogen functional groups attached to an aromatic ring is 1. The van der Waals surface area contributed by atoms with Gasteiger partial charge in [-0.1, -0.05) is 18.2 Å². The number of nitrogens with zero attached hydrogens (tertiary/aromatic N) is 1. The summed E-state index contributed by atoms with van der Waals surface area (Å²) < 4.78 is 10.6. The minimum absolute atomic E-state index is 0. The summed E-state index contributed by atoms with van der Waals surface area (Å²) in [5.74, 6) is 0.252. The van der Waals surface area contributed by atoms with Gasteiger partial charge in [-0.2, -0.15) is 0 Å². The van der Waals surface area contributed by atoms with E-state index in [-0.39, 0.29) is 30.6 Å². The summed E-state index contributed by atoms with van der Waals surface area (Å²) in [6.45, 7) is 2.19. The molecule has 7 nitrogen and oxygen atoms in total. The van der Waals surface area contributed by atoms with Crippen molar-refractivity contribution in [1.82, 2.24) is 4.90 Å². The molecule has 0 bridgehead atoms. The zero-order chi connectivity index (χ0) is 19.9. The number of benzene rings is 2. The molecule has 0 aromatic heterocycles. The summed E-state index contributed by atoms with van der Waals surface area (Å²) in [5, 5.41) is 2.85. The fraction of sp³-hybridized carbons (Fsp3) is 0.333. The van der Waals surface area contributed by atoms with Crippen LogP contribution >= 0.6 is 12.4 Å². The maximum absolute atomic E-state index is 12.7. The molecule has 1 saturated heterocycles. The van der Waals surface area contributed by atoms with Gasteiger partial charge in [-0.15, -0.1) is 12.4 Å². The second-order valence-corrected chi connectivity index (χ2v) is 6.57. The second-order valence-electron chi connectivity index (χ2n) is 6.57. The third-order valence-electron chi connectivity index (χ3n) is 4.70. The average molecular weight is 420 g/mol. The molecule has 156 valence electrons. The lowest BCUT2D eigenvalue weighted by Crippen LogP contribution is -2.40. The first kappa shape index (κ1) is 22.5. The number of halogens is 1. The standard InChI is InChI=1S/C21H25N3O4.ClH/c1-27-19-8-6-16(21(26)24-10-12-28-13-11-24)14-18(19)23-20(25)9-7-15-4-2-3-5-17(15)22;/h2-6,8,14H,7,9-13,22H2,1H3,(H,23,25);1H. The lowest BCUT2D eigenvalue weighted by atomic mass is 10.1. The zero-order valence-electron chi connectivity index (χ0n) is 16.3. The highest BCUT2D eigenvalue weighted by Gasteiger charge is 2.20. The number of anilines is 2. The number of methoxy groups -OCH3 is 1. The fourth-order valence-corrected chi connectivity index (χ4v) is 3.11. The number of carbonyl (C=O) groups is 2. The first-order valence-electron chi connectivity index (χ1n) is 9.27. The molecule has 0 spiro atoms. The van der Waals surface area contributed by atoms with Gasteiger partial charge in [0.25, 0.3) is 5.91 Å². The van der Waals surface area contributed by atoms with Crippen LogP contribution in [-0.2, 0) is 16.0 Å². The SMILES string of the molecule is COc1ccc(C(=O)N2CCOCC2)cc1NC(=O)CCc1ccccc1N.Cl. The minimum Gasteiger partial charge on any atom is -0.495 e. The molecule has 1 heterocycles. The Morgan fingerprint density at radius 2 is 1.90 bits per heavy atom. The first-order valence-corrected chi connectivity index (χ1v) is 9.27. The van der Waals surface area contributed by atoms with Gasteiger partial charge in [0, 0.05) is 30.8 Å². The Kier molecular flexibility index (Phi) is 8.30. The van der Waals surface area contributed by atoms with Crippen LogP contribution in [0.3, 0.4) is 0 Å². The van der Waals surface area contributed by atoms with Crippen molar-refractivity contribution in [2.75, 3.05) is 44.5 Å². The van der Waals surface area contributed by atoms with E-state index in [2.05, 4.69) is 5.32 Å². The quantitative estimate of drug-likeness (QED) is 0.702. The van der Waals surface area contributed by atoms with Crippen LogP contribution < -0.4 is 15.8 Å². The number of hydrogen-bond donors (Lipinski definition) is 2. The lowest BCUT2D eigenvalue weighted by molar-refractivity contribution is -0.116. The van der Waals surface area contributed by atoms with Crippen molar-refractivity contribution in [2.24, 2.45) is 0 Å². The predicted octanol–water partition coefficient (Wildman–Crippen LogP) is 2.74. The molecule has 0 unspecified atom stereocenters. The van der Waals surface area contributed by atoms with Crippen molar-refractivity contribution < 1.29 is 19.1 Å². The highest BCUT2D eigenvalue weighted by Crippen LogP contribution is 2.27. The predicted molar refractivity (Wildman–Crippen MR) is 115 cm³/mol. The Hall–Kier alpha value is -2.77. The van der Waals surface area contributed by atoms with Crippen LogP contribution in [-0.4, -0.2) is 50.1 Å². The lowest BCUT2D eigenvalue weighted by Gasteiger charge is -2.27. The van der Waals surface area contributed by atoms with E-state index >= 15 is 0 Å². The molecule has 29 heavy (non-hydrogen) atoms. The van der Waals surface area contributed by atoms with Gasteiger partial charge in [0.05, 0.1) is 26.0 Å². The maximum atomic E-state index is 12.7. The number of morpholine rings is 1. The van der Waals surface area contributed by atoms with Gasteiger partial charge in [0.15, 0.2) is 0 Å². The number of hydrogen-bond acceptors (Lipinski definition) is 5. The van der Waals surface area contributed by atoms with Crippen LogP contribution in [0.2, 0.25) is 0 Å². The first-order chi connectivity index (χ1) is 13.6. The van der Waals surface area contributed by atoms with Crippen molar-refractivity contribution in [3.05, 3.63) is 53.6 Å². The van der Waals surface area contributed by atoms with Gasteiger partial charge >= 0.3 is 0 Å². The Morgan fingerprint density at radius 1 is 1.17 bits per heavy atom. The summed E-state index contributed by atoms with van der Waals surface area (Å²) in [4.78, 5) is 26.9. The second kappa shape index (κ2) is 10.7. The molecule has 2 aromatic rings. The van der Waals surface area contributed by atoms with E-state index in [0.29, 0.717) is 55.4 Å². The molecule has 0 aliphatic carbocycles. The fourth-order valence-electron chi connectivity index (χ4n) is 3.11. The molecule has 8 heteroatoms. The number of carbonyl (C=O) groups excluding carboxylic acids is 2. The van der Waals surface area contributed by atoms with Crippen molar-refractivity contribution in [1.29, 1.82) is 0 Å². The summed E-state index contributed by atoms with van der Waals surface area (Å²) in [5.41, 5.74) is 8.51. The van der Waals surface area contributed by atoms with Gasteiger partial charge in [0.2, 0.25) is 5.91 Å². The van der Waals surface area contributed by atoms with Crippen LogP contribution in [0.5, 0.6) is 5.75 Å². The third kappa shape index (κ3) is 5.85. The number of amides is 2. The smallest absolute Gasteiger partial charge is 0.254 e. The topological polar surface area (TPSA) is 93.9 Å². The number of rotatable bonds is 6. The highest BCUT2D eigenvalue weighted by molar-refractivity contribution is 5.98. The molecular formula is C21H26ClN3O4. The molecule has 1 fully saturated rings. The van der Waals surface area contributed by atoms with E-state index in [1.54, 1.807) is 23.1 Å². The van der Waals surface area contributed by atoms with Crippen molar-refractivity contribution >= 4 is 35.6 Å². The van der Waals surface area contributed by atoms with Gasteiger partial charge in [-0.05, 0) is 36.2 Å². The molecule has 2 aromatic carbocycles. The average Bonchev–Trinajstić information content (AvgIpc) is 2.73. The van der Waals surface area contributed by atoms with Crippen molar-refractivity contribution in [3.8, 4) is 5.75 Å². The molecule has 0 radical (unpaired) electrons. The molecule has 1 aliphatic heterocycles. The minimum atomic E-state index is -0.169. The van der Waals surface area contributed by atoms with Crippen molar-refractivity contribution in [3.63, 3.8) is 0 Å². The molecule has 1 aliphatic rings. The largest absolute Gasteiger partial charge is 0.495 e. The highest BCUT2D eigenvalue weighted by atomic mass is 35.5. The summed E-state index contributed by atoms with van der Waals surface area (Å²) in [6, 6.07) is 12.5. The Labute approximate surface area is 176 Å². The Balaban J connectivity index is 0.00000300. The van der Waals surface area contributed by atoms with E-state index in [0.717, 1.165) is 5.56 Å². The van der Waals surface area contributed by atoms with Gasteiger partial charge in [-0.3, -0.25) is 9.59 Å². The number of nitrogens with one attached hydrogen (secondary N) is 1. The van der Waals surface area contributed by atoms with Gasteiger partial charge in [-0.25, -0.2) is 0 Å². The molecular weight excluding hydrogens is 394 g/mol. The maximum Gasteiger partial charge on any atom is 0.254 e.